The lowest BCUT2D eigenvalue weighted by Gasteiger charge is -2.26. The highest BCUT2D eigenvalue weighted by molar-refractivity contribution is 7.09. The van der Waals surface area contributed by atoms with Crippen LogP contribution in [0.25, 0.3) is 0 Å². The van der Waals surface area contributed by atoms with Gasteiger partial charge in [0.05, 0.1) is 25.4 Å². The van der Waals surface area contributed by atoms with Gasteiger partial charge >= 0.3 is 0 Å². The molecular weight excluding hydrogens is 368 g/mol. The zero-order chi connectivity index (χ0) is 18.8. The number of nitrogens with one attached hydrogen (secondary N) is 1. The summed E-state index contributed by atoms with van der Waals surface area (Å²) < 4.78 is 10.7. The number of rotatable bonds is 4. The number of likely N-dealkylation sites (N-methyl/N-ethyl adjacent to an activating group) is 1. The number of carbonyl (C=O) groups excluding carboxylic acids is 2. The van der Waals surface area contributed by atoms with Crippen LogP contribution in [0.3, 0.4) is 0 Å². The zero-order valence-electron chi connectivity index (χ0n) is 14.9. The SMILES string of the molecule is CN1C(=O)COc2ccc(NC(=O)c3csc(CN4CCOCC4)n3)cc21. The van der Waals surface area contributed by atoms with E-state index in [4.69, 9.17) is 9.47 Å². The van der Waals surface area contributed by atoms with E-state index >= 15 is 0 Å². The number of nitrogens with zero attached hydrogens (tertiary/aromatic N) is 3. The number of fused-ring (bicyclic) bond motifs is 1. The molecule has 27 heavy (non-hydrogen) atoms. The maximum atomic E-state index is 12.5. The predicted molar refractivity (Wildman–Crippen MR) is 102 cm³/mol. The third kappa shape index (κ3) is 3.95. The fourth-order valence-electron chi connectivity index (χ4n) is 2.98. The second kappa shape index (κ2) is 7.63. The van der Waals surface area contributed by atoms with Crippen LogP contribution in [0.4, 0.5) is 11.4 Å². The van der Waals surface area contributed by atoms with E-state index in [0.717, 1.165) is 37.9 Å². The van der Waals surface area contributed by atoms with Gasteiger partial charge in [0.25, 0.3) is 11.8 Å². The van der Waals surface area contributed by atoms with Gasteiger partial charge in [-0.3, -0.25) is 14.5 Å². The monoisotopic (exact) mass is 388 g/mol. The minimum Gasteiger partial charge on any atom is -0.482 e. The highest BCUT2D eigenvalue weighted by Crippen LogP contribution is 2.33. The summed E-state index contributed by atoms with van der Waals surface area (Å²) in [6, 6.07) is 5.23. The van der Waals surface area contributed by atoms with Crippen molar-refractivity contribution in [3.63, 3.8) is 0 Å². The Morgan fingerprint density at radius 2 is 2.15 bits per heavy atom. The molecule has 0 spiro atoms. The minimum atomic E-state index is -0.273. The van der Waals surface area contributed by atoms with Crippen molar-refractivity contribution in [2.24, 2.45) is 0 Å². The first-order valence-electron chi connectivity index (χ1n) is 8.69. The number of morpholine rings is 1. The van der Waals surface area contributed by atoms with Gasteiger partial charge in [0.1, 0.15) is 16.5 Å². The van der Waals surface area contributed by atoms with Gasteiger partial charge in [-0.15, -0.1) is 11.3 Å². The summed E-state index contributed by atoms with van der Waals surface area (Å²) in [7, 11) is 1.69. The van der Waals surface area contributed by atoms with Gasteiger partial charge in [0.2, 0.25) is 0 Å². The minimum absolute atomic E-state index is 0.0277. The van der Waals surface area contributed by atoms with Crippen molar-refractivity contribution in [3.8, 4) is 5.75 Å². The standard InChI is InChI=1S/C18H20N4O4S/c1-21-14-8-12(2-3-15(14)26-10-17(21)23)19-18(24)13-11-27-16(20-13)9-22-4-6-25-7-5-22/h2-3,8,11H,4-7,9-10H2,1H3,(H,19,24). The third-order valence-corrected chi connectivity index (χ3v) is 5.38. The number of anilines is 2. The molecule has 2 amide bonds. The molecule has 8 nitrogen and oxygen atoms in total. The first-order chi connectivity index (χ1) is 13.1. The summed E-state index contributed by atoms with van der Waals surface area (Å²) in [4.78, 5) is 32.5. The molecule has 1 fully saturated rings. The predicted octanol–water partition coefficient (Wildman–Crippen LogP) is 1.58. The molecule has 0 bridgehead atoms. The molecule has 0 unspecified atom stereocenters. The van der Waals surface area contributed by atoms with Crippen LogP contribution >= 0.6 is 11.3 Å². The van der Waals surface area contributed by atoms with E-state index in [1.807, 2.05) is 0 Å². The molecule has 1 aromatic heterocycles. The van der Waals surface area contributed by atoms with Gasteiger partial charge in [-0.25, -0.2) is 4.98 Å². The van der Waals surface area contributed by atoms with Crippen molar-refractivity contribution in [1.29, 1.82) is 0 Å². The summed E-state index contributed by atoms with van der Waals surface area (Å²) in [6.45, 7) is 3.98. The van der Waals surface area contributed by atoms with Gasteiger partial charge in [-0.2, -0.15) is 0 Å². The molecule has 0 aliphatic carbocycles. The molecule has 3 heterocycles. The summed E-state index contributed by atoms with van der Waals surface area (Å²) in [6.07, 6.45) is 0. The summed E-state index contributed by atoms with van der Waals surface area (Å²) in [5.41, 5.74) is 1.61. The average Bonchev–Trinajstić information content (AvgIpc) is 3.14. The number of amides is 2. The van der Waals surface area contributed by atoms with Crippen molar-refractivity contribution in [2.45, 2.75) is 6.54 Å². The van der Waals surface area contributed by atoms with Gasteiger partial charge in [-0.05, 0) is 18.2 Å². The van der Waals surface area contributed by atoms with Crippen molar-refractivity contribution >= 4 is 34.5 Å². The van der Waals surface area contributed by atoms with E-state index in [9.17, 15) is 9.59 Å². The molecule has 1 aromatic carbocycles. The molecule has 4 rings (SSSR count). The fraction of sp³-hybridized carbons (Fsp3) is 0.389. The molecule has 0 radical (unpaired) electrons. The van der Waals surface area contributed by atoms with E-state index in [1.54, 1.807) is 30.6 Å². The van der Waals surface area contributed by atoms with E-state index in [0.29, 0.717) is 22.8 Å². The van der Waals surface area contributed by atoms with Gasteiger partial charge < -0.3 is 19.7 Å². The molecule has 142 valence electrons. The van der Waals surface area contributed by atoms with Gasteiger partial charge in [-0.1, -0.05) is 0 Å². The van der Waals surface area contributed by atoms with E-state index in [1.165, 1.54) is 16.2 Å². The average molecular weight is 388 g/mol. The van der Waals surface area contributed by atoms with Crippen LogP contribution in [-0.2, 0) is 16.1 Å². The number of aromatic nitrogens is 1. The Kier molecular flexibility index (Phi) is 5.06. The number of carbonyl (C=O) groups is 2. The Bertz CT molecular complexity index is 863. The van der Waals surface area contributed by atoms with Gasteiger partial charge in [0, 0.05) is 31.2 Å². The number of thiazole rings is 1. The number of ether oxygens (including phenoxy) is 2. The third-order valence-electron chi connectivity index (χ3n) is 4.55. The first kappa shape index (κ1) is 17.9. The highest BCUT2D eigenvalue weighted by atomic mass is 32.1. The second-order valence-corrected chi connectivity index (χ2v) is 7.34. The van der Waals surface area contributed by atoms with Crippen LogP contribution in [0.1, 0.15) is 15.5 Å². The number of hydrogen-bond acceptors (Lipinski definition) is 7. The highest BCUT2D eigenvalue weighted by Gasteiger charge is 2.23. The Morgan fingerprint density at radius 3 is 2.96 bits per heavy atom. The topological polar surface area (TPSA) is 84.0 Å². The molecule has 1 N–H and O–H groups in total. The normalized spacial score (nSPS) is 17.4. The molecular formula is C18H20N4O4S. The van der Waals surface area contributed by atoms with Crippen LogP contribution in [0.5, 0.6) is 5.75 Å². The van der Waals surface area contributed by atoms with Crippen molar-refractivity contribution < 1.29 is 19.1 Å². The molecule has 2 aliphatic rings. The quantitative estimate of drug-likeness (QED) is 0.856. The lowest BCUT2D eigenvalue weighted by molar-refractivity contribution is -0.120. The van der Waals surface area contributed by atoms with E-state index < -0.39 is 0 Å². The van der Waals surface area contributed by atoms with Crippen LogP contribution in [0.2, 0.25) is 0 Å². The molecule has 2 aliphatic heterocycles. The lowest BCUT2D eigenvalue weighted by Crippen LogP contribution is -2.35. The van der Waals surface area contributed by atoms with Crippen LogP contribution in [-0.4, -0.2) is 61.7 Å². The van der Waals surface area contributed by atoms with Crippen molar-refractivity contribution in [1.82, 2.24) is 9.88 Å². The van der Waals surface area contributed by atoms with E-state index in [-0.39, 0.29) is 18.4 Å². The largest absolute Gasteiger partial charge is 0.482 e. The molecule has 0 saturated carbocycles. The van der Waals surface area contributed by atoms with Gasteiger partial charge in [0.15, 0.2) is 6.61 Å². The fourth-order valence-corrected chi connectivity index (χ4v) is 3.80. The Balaban J connectivity index is 1.43. The number of hydrogen-bond donors (Lipinski definition) is 1. The molecule has 1 saturated heterocycles. The Morgan fingerprint density at radius 1 is 1.33 bits per heavy atom. The number of benzene rings is 1. The van der Waals surface area contributed by atoms with Crippen molar-refractivity contribution in [3.05, 3.63) is 34.3 Å². The molecule has 0 atom stereocenters. The Labute approximate surface area is 160 Å². The summed E-state index contributed by atoms with van der Waals surface area (Å²) in [5.74, 6) is 0.222. The van der Waals surface area contributed by atoms with Crippen LogP contribution in [0.15, 0.2) is 23.6 Å². The zero-order valence-corrected chi connectivity index (χ0v) is 15.8. The smallest absolute Gasteiger partial charge is 0.275 e. The molecule has 2 aromatic rings. The maximum absolute atomic E-state index is 12.5. The molecule has 9 heteroatoms. The van der Waals surface area contributed by atoms with E-state index in [2.05, 4.69) is 15.2 Å². The second-order valence-electron chi connectivity index (χ2n) is 6.39. The lowest BCUT2D eigenvalue weighted by atomic mass is 10.2. The first-order valence-corrected chi connectivity index (χ1v) is 9.57. The van der Waals surface area contributed by atoms with Crippen molar-refractivity contribution in [2.75, 3.05) is 50.2 Å². The summed E-state index contributed by atoms with van der Waals surface area (Å²) >= 11 is 1.48. The maximum Gasteiger partial charge on any atom is 0.275 e. The summed E-state index contributed by atoms with van der Waals surface area (Å²) in [5, 5.41) is 5.51. The Hall–Kier alpha value is -2.49. The van der Waals surface area contributed by atoms with Crippen LogP contribution in [0, 0.1) is 0 Å². The van der Waals surface area contributed by atoms with Crippen LogP contribution < -0.4 is 15.0 Å².